The Morgan fingerprint density at radius 2 is 1.66 bits per heavy atom. The molecule has 0 radical (unpaired) electrons. The summed E-state index contributed by atoms with van der Waals surface area (Å²) in [5.41, 5.74) is -0.194. The average molecular weight is 436 g/mol. The Hall–Kier alpha value is -4.07. The molecule has 2 aromatic rings. The van der Waals surface area contributed by atoms with Gasteiger partial charge in [-0.05, 0) is 37.1 Å². The number of benzene rings is 2. The van der Waals surface area contributed by atoms with E-state index >= 15 is 0 Å². The normalized spacial score (nSPS) is 19.9. The summed E-state index contributed by atoms with van der Waals surface area (Å²) >= 11 is 0. The SMILES string of the molecule is COc1cc(O)c(C2=C(C)C=C(O)C3C(=O)c4c(O)cccc4C(=O)C23)c(O)c1C(C)=O. The number of carbonyl (C=O) groups excluding carboxylic acids is 3. The Balaban J connectivity index is 2.05. The van der Waals surface area contributed by atoms with Crippen molar-refractivity contribution in [1.82, 2.24) is 0 Å². The van der Waals surface area contributed by atoms with Crippen molar-refractivity contribution in [3.8, 4) is 23.0 Å². The molecule has 0 aromatic heterocycles. The van der Waals surface area contributed by atoms with Crippen molar-refractivity contribution in [2.45, 2.75) is 13.8 Å². The topological polar surface area (TPSA) is 141 Å². The van der Waals surface area contributed by atoms with Crippen LogP contribution in [0, 0.1) is 11.8 Å². The minimum atomic E-state index is -1.36. The molecule has 4 rings (SSSR count). The van der Waals surface area contributed by atoms with E-state index in [9.17, 15) is 34.8 Å². The van der Waals surface area contributed by atoms with Gasteiger partial charge in [-0.3, -0.25) is 14.4 Å². The molecule has 0 bridgehead atoms. The van der Waals surface area contributed by atoms with E-state index in [4.69, 9.17) is 4.74 Å². The second kappa shape index (κ2) is 7.26. The number of ether oxygens (including phenoxy) is 1. The molecule has 0 aliphatic heterocycles. The van der Waals surface area contributed by atoms with Gasteiger partial charge in [-0.1, -0.05) is 12.1 Å². The minimum absolute atomic E-state index is 0.0319. The molecule has 0 amide bonds. The van der Waals surface area contributed by atoms with Gasteiger partial charge in [0, 0.05) is 11.6 Å². The molecular formula is C24H20O8. The van der Waals surface area contributed by atoms with E-state index in [1.54, 1.807) is 6.92 Å². The number of aliphatic hydroxyl groups excluding tert-OH is 1. The summed E-state index contributed by atoms with van der Waals surface area (Å²) in [6.07, 6.45) is 1.27. The lowest BCUT2D eigenvalue weighted by molar-refractivity contribution is 0.0762. The first-order valence-electron chi connectivity index (χ1n) is 9.76. The van der Waals surface area contributed by atoms with E-state index in [-0.39, 0.29) is 45.1 Å². The summed E-state index contributed by atoms with van der Waals surface area (Å²) < 4.78 is 5.10. The van der Waals surface area contributed by atoms with Crippen molar-refractivity contribution in [3.05, 3.63) is 63.9 Å². The smallest absolute Gasteiger partial charge is 0.178 e. The van der Waals surface area contributed by atoms with Crippen molar-refractivity contribution < 1.29 is 39.5 Å². The zero-order valence-electron chi connectivity index (χ0n) is 17.5. The third-order valence-corrected chi connectivity index (χ3v) is 5.96. The highest BCUT2D eigenvalue weighted by Crippen LogP contribution is 2.52. The van der Waals surface area contributed by atoms with Crippen LogP contribution in [0.15, 0.2) is 41.7 Å². The van der Waals surface area contributed by atoms with Gasteiger partial charge in [0.2, 0.25) is 0 Å². The van der Waals surface area contributed by atoms with E-state index in [1.807, 2.05) is 0 Å². The fourth-order valence-corrected chi connectivity index (χ4v) is 4.62. The fraction of sp³-hybridized carbons (Fsp3) is 0.208. The number of carbonyl (C=O) groups is 3. The summed E-state index contributed by atoms with van der Waals surface area (Å²) in [4.78, 5) is 38.9. The molecule has 2 atom stereocenters. The Labute approximate surface area is 182 Å². The van der Waals surface area contributed by atoms with Gasteiger partial charge in [0.1, 0.15) is 34.3 Å². The first kappa shape index (κ1) is 21.2. The number of fused-ring (bicyclic) bond motifs is 2. The Morgan fingerprint density at radius 3 is 2.28 bits per heavy atom. The van der Waals surface area contributed by atoms with Gasteiger partial charge in [0.15, 0.2) is 17.3 Å². The number of phenolic OH excluding ortho intramolecular Hbond substituents is 3. The molecule has 2 unspecified atom stereocenters. The van der Waals surface area contributed by atoms with E-state index in [0.717, 1.165) is 6.07 Å². The van der Waals surface area contributed by atoms with Crippen LogP contribution in [0.1, 0.15) is 50.5 Å². The Kier molecular flexibility index (Phi) is 4.81. The summed E-state index contributed by atoms with van der Waals surface area (Å²) in [5, 5.41) is 42.4. The molecule has 164 valence electrons. The van der Waals surface area contributed by atoms with Gasteiger partial charge in [-0.25, -0.2) is 0 Å². The molecule has 2 aliphatic rings. The molecule has 0 spiro atoms. The van der Waals surface area contributed by atoms with E-state index in [0.29, 0.717) is 5.57 Å². The minimum Gasteiger partial charge on any atom is -0.511 e. The molecule has 0 heterocycles. The number of methoxy groups -OCH3 is 1. The van der Waals surface area contributed by atoms with Crippen LogP contribution in [0.5, 0.6) is 23.0 Å². The van der Waals surface area contributed by atoms with Crippen LogP contribution < -0.4 is 4.74 Å². The van der Waals surface area contributed by atoms with E-state index < -0.39 is 40.7 Å². The Morgan fingerprint density at radius 1 is 0.969 bits per heavy atom. The maximum atomic E-state index is 13.5. The van der Waals surface area contributed by atoms with Gasteiger partial charge >= 0.3 is 0 Å². The second-order valence-electron chi connectivity index (χ2n) is 7.80. The summed E-state index contributed by atoms with van der Waals surface area (Å²) in [5.74, 6) is -6.29. The molecule has 4 N–H and O–H groups in total. The molecule has 8 nitrogen and oxygen atoms in total. The van der Waals surface area contributed by atoms with E-state index in [2.05, 4.69) is 0 Å². The number of Topliss-reactive ketones (excluding diaryl/α,β-unsaturated/α-hetero) is 3. The van der Waals surface area contributed by atoms with Gasteiger partial charge in [-0.2, -0.15) is 0 Å². The molecule has 2 aromatic carbocycles. The van der Waals surface area contributed by atoms with Crippen LogP contribution in [-0.2, 0) is 0 Å². The quantitative estimate of drug-likeness (QED) is 0.535. The standard InChI is InChI=1S/C24H20O8/c1-9-7-13(27)20-21(22(29)11-5-4-6-12(26)18(11)24(20)31)16(9)19-14(28)8-15(32-3)17(10(2)25)23(19)30/h4-8,20-21,26-28,30H,1-3H3. The van der Waals surface area contributed by atoms with Crippen LogP contribution in [0.2, 0.25) is 0 Å². The van der Waals surface area contributed by atoms with E-state index in [1.165, 1.54) is 38.3 Å². The summed E-state index contributed by atoms with van der Waals surface area (Å²) in [7, 11) is 1.27. The number of allylic oxidation sites excluding steroid dienone is 4. The highest BCUT2D eigenvalue weighted by Gasteiger charge is 2.49. The highest BCUT2D eigenvalue weighted by molar-refractivity contribution is 6.22. The fourth-order valence-electron chi connectivity index (χ4n) is 4.62. The number of ketones is 3. The number of aromatic hydroxyl groups is 3. The second-order valence-corrected chi connectivity index (χ2v) is 7.80. The maximum Gasteiger partial charge on any atom is 0.178 e. The Bertz CT molecular complexity index is 1280. The lowest BCUT2D eigenvalue weighted by Gasteiger charge is -2.36. The first-order valence-corrected chi connectivity index (χ1v) is 9.76. The zero-order valence-corrected chi connectivity index (χ0v) is 17.5. The predicted octanol–water partition coefficient (Wildman–Crippen LogP) is 3.56. The van der Waals surface area contributed by atoms with Gasteiger partial charge in [-0.15, -0.1) is 0 Å². The summed E-state index contributed by atoms with van der Waals surface area (Å²) in [6, 6.07) is 5.23. The molecule has 2 aliphatic carbocycles. The molecule has 0 fully saturated rings. The molecule has 32 heavy (non-hydrogen) atoms. The summed E-state index contributed by atoms with van der Waals surface area (Å²) in [6.45, 7) is 2.76. The van der Waals surface area contributed by atoms with Crippen molar-refractivity contribution in [1.29, 1.82) is 0 Å². The molecule has 0 saturated carbocycles. The molecular weight excluding hydrogens is 416 g/mol. The molecule has 0 saturated heterocycles. The third-order valence-electron chi connectivity index (χ3n) is 5.96. The van der Waals surface area contributed by atoms with Crippen LogP contribution in [-0.4, -0.2) is 44.9 Å². The number of hydrogen-bond acceptors (Lipinski definition) is 8. The predicted molar refractivity (Wildman–Crippen MR) is 113 cm³/mol. The van der Waals surface area contributed by atoms with Gasteiger partial charge in [0.05, 0.1) is 30.1 Å². The van der Waals surface area contributed by atoms with Crippen LogP contribution in [0.4, 0.5) is 0 Å². The van der Waals surface area contributed by atoms with Crippen LogP contribution in [0.3, 0.4) is 0 Å². The van der Waals surface area contributed by atoms with Crippen LogP contribution in [0.25, 0.3) is 5.57 Å². The first-order chi connectivity index (χ1) is 15.1. The van der Waals surface area contributed by atoms with Crippen molar-refractivity contribution in [3.63, 3.8) is 0 Å². The van der Waals surface area contributed by atoms with Gasteiger partial charge < -0.3 is 25.2 Å². The largest absolute Gasteiger partial charge is 0.511 e. The maximum absolute atomic E-state index is 13.5. The van der Waals surface area contributed by atoms with Gasteiger partial charge in [0.25, 0.3) is 0 Å². The third kappa shape index (κ3) is 2.80. The number of rotatable bonds is 3. The van der Waals surface area contributed by atoms with Crippen molar-refractivity contribution in [2.24, 2.45) is 11.8 Å². The number of hydrogen-bond donors (Lipinski definition) is 4. The molecule has 8 heteroatoms. The lowest BCUT2D eigenvalue weighted by atomic mass is 9.65. The van der Waals surface area contributed by atoms with Crippen molar-refractivity contribution >= 4 is 22.9 Å². The monoisotopic (exact) mass is 436 g/mol. The number of aliphatic hydroxyl groups is 1. The van der Waals surface area contributed by atoms with Crippen molar-refractivity contribution in [2.75, 3.05) is 7.11 Å². The van der Waals surface area contributed by atoms with Crippen LogP contribution >= 0.6 is 0 Å². The highest BCUT2D eigenvalue weighted by atomic mass is 16.5. The lowest BCUT2D eigenvalue weighted by Crippen LogP contribution is -2.40. The zero-order chi connectivity index (χ0) is 23.5. The number of phenols is 3. The average Bonchev–Trinajstić information content (AvgIpc) is 2.72.